The molecule has 148 valence electrons. The first-order valence-corrected chi connectivity index (χ1v) is 9.66. The van der Waals surface area contributed by atoms with E-state index in [0.717, 1.165) is 22.3 Å². The normalized spacial score (nSPS) is 15.7. The molecule has 5 nitrogen and oxygen atoms in total. The summed E-state index contributed by atoms with van der Waals surface area (Å²) in [6.45, 7) is 5.49. The number of aliphatic carboxylic acids is 1. The van der Waals surface area contributed by atoms with Crippen molar-refractivity contribution in [2.24, 2.45) is 0 Å². The molecule has 0 amide bonds. The Labute approximate surface area is 169 Å². The van der Waals surface area contributed by atoms with E-state index >= 15 is 0 Å². The molecule has 1 aliphatic carbocycles. The van der Waals surface area contributed by atoms with Crippen LogP contribution in [0.3, 0.4) is 0 Å². The van der Waals surface area contributed by atoms with Gasteiger partial charge in [0.15, 0.2) is 5.76 Å². The molecule has 1 atom stereocenters. The Morgan fingerprint density at radius 1 is 1.14 bits per heavy atom. The van der Waals surface area contributed by atoms with Gasteiger partial charge in [-0.2, -0.15) is 0 Å². The van der Waals surface area contributed by atoms with Crippen molar-refractivity contribution in [1.82, 2.24) is 5.16 Å². The van der Waals surface area contributed by atoms with Gasteiger partial charge in [0.05, 0.1) is 22.8 Å². The second kappa shape index (κ2) is 7.33. The fourth-order valence-electron chi connectivity index (χ4n) is 3.80. The molecule has 0 spiro atoms. The number of benzene rings is 2. The monoisotopic (exact) mass is 389 g/mol. The zero-order valence-corrected chi connectivity index (χ0v) is 16.3. The molecule has 2 aromatic carbocycles. The van der Waals surface area contributed by atoms with Gasteiger partial charge in [-0.05, 0) is 42.9 Å². The number of hydrogen-bond acceptors (Lipinski definition) is 4. The minimum atomic E-state index is -0.744. The van der Waals surface area contributed by atoms with E-state index in [1.54, 1.807) is 6.08 Å². The van der Waals surface area contributed by atoms with Gasteiger partial charge in [-0.25, -0.2) is 0 Å². The SMILES string of the molecule is C=CCC(O)c1c(C)noc1-c1ccc(-c2ccc(C3(C(=O)O)CC3)cc2)cc1. The van der Waals surface area contributed by atoms with Crippen LogP contribution in [0.5, 0.6) is 0 Å². The number of aryl methyl sites for hydroxylation is 1. The van der Waals surface area contributed by atoms with E-state index in [9.17, 15) is 15.0 Å². The lowest BCUT2D eigenvalue weighted by molar-refractivity contribution is -0.140. The number of hydrogen-bond donors (Lipinski definition) is 2. The summed E-state index contributed by atoms with van der Waals surface area (Å²) in [7, 11) is 0. The second-order valence-corrected chi connectivity index (χ2v) is 7.59. The molecular weight excluding hydrogens is 366 g/mol. The van der Waals surface area contributed by atoms with Gasteiger partial charge in [-0.3, -0.25) is 4.79 Å². The first-order chi connectivity index (χ1) is 14.0. The van der Waals surface area contributed by atoms with Crippen molar-refractivity contribution in [2.75, 3.05) is 0 Å². The molecule has 0 aliphatic heterocycles. The van der Waals surface area contributed by atoms with Crippen LogP contribution >= 0.6 is 0 Å². The molecule has 4 rings (SSSR count). The maximum Gasteiger partial charge on any atom is 0.314 e. The first kappa shape index (κ1) is 19.2. The van der Waals surface area contributed by atoms with Crippen molar-refractivity contribution in [2.45, 2.75) is 37.7 Å². The summed E-state index contributed by atoms with van der Waals surface area (Å²) in [4.78, 5) is 11.5. The van der Waals surface area contributed by atoms with Crippen LogP contribution in [-0.2, 0) is 10.2 Å². The van der Waals surface area contributed by atoms with Crippen LogP contribution in [0.4, 0.5) is 0 Å². The summed E-state index contributed by atoms with van der Waals surface area (Å²) < 4.78 is 5.48. The number of carboxylic acid groups (broad SMARTS) is 1. The molecule has 0 saturated heterocycles. The third kappa shape index (κ3) is 3.38. The molecule has 1 aliphatic rings. The fourth-order valence-corrected chi connectivity index (χ4v) is 3.80. The fraction of sp³-hybridized carbons (Fsp3) is 0.250. The van der Waals surface area contributed by atoms with Crippen LogP contribution < -0.4 is 0 Å². The second-order valence-electron chi connectivity index (χ2n) is 7.59. The number of carboxylic acids is 1. The van der Waals surface area contributed by atoms with Gasteiger partial charge in [0.2, 0.25) is 0 Å². The highest BCUT2D eigenvalue weighted by Gasteiger charge is 2.51. The summed E-state index contributed by atoms with van der Waals surface area (Å²) in [5.41, 5.74) is 4.41. The minimum Gasteiger partial charge on any atom is -0.481 e. The van der Waals surface area contributed by atoms with Gasteiger partial charge < -0.3 is 14.7 Å². The van der Waals surface area contributed by atoms with Crippen LogP contribution in [0.25, 0.3) is 22.5 Å². The molecular formula is C24H23NO4. The first-order valence-electron chi connectivity index (χ1n) is 9.66. The lowest BCUT2D eigenvalue weighted by Crippen LogP contribution is -2.19. The molecule has 0 bridgehead atoms. The van der Waals surface area contributed by atoms with Crippen molar-refractivity contribution in [1.29, 1.82) is 0 Å². The molecule has 5 heteroatoms. The van der Waals surface area contributed by atoms with Crippen molar-refractivity contribution >= 4 is 5.97 Å². The summed E-state index contributed by atoms with van der Waals surface area (Å²) in [5.74, 6) is -0.178. The smallest absolute Gasteiger partial charge is 0.314 e. The molecule has 2 N–H and O–H groups in total. The minimum absolute atomic E-state index is 0.428. The Bertz CT molecular complexity index is 1040. The van der Waals surface area contributed by atoms with E-state index in [-0.39, 0.29) is 0 Å². The predicted octanol–water partition coefficient (Wildman–Crippen LogP) is 5.04. The number of aromatic nitrogens is 1. The van der Waals surface area contributed by atoms with Crippen molar-refractivity contribution in [3.05, 3.63) is 78.0 Å². The van der Waals surface area contributed by atoms with Crippen LogP contribution in [-0.4, -0.2) is 21.3 Å². The number of aliphatic hydroxyl groups excluding tert-OH is 1. The van der Waals surface area contributed by atoms with Gasteiger partial charge >= 0.3 is 5.97 Å². The summed E-state index contributed by atoms with van der Waals surface area (Å²) in [5, 5.41) is 23.8. The Hall–Kier alpha value is -3.18. The molecule has 1 saturated carbocycles. The Balaban J connectivity index is 1.59. The largest absolute Gasteiger partial charge is 0.481 e. The summed E-state index contributed by atoms with van der Waals surface area (Å²) in [6.07, 6.45) is 2.80. The van der Waals surface area contributed by atoms with Crippen LogP contribution in [0.15, 0.2) is 65.7 Å². The third-order valence-electron chi connectivity index (χ3n) is 5.71. The quantitative estimate of drug-likeness (QED) is 0.553. The maximum absolute atomic E-state index is 11.5. The molecule has 3 aromatic rings. The van der Waals surface area contributed by atoms with Gasteiger partial charge in [-0.15, -0.1) is 6.58 Å². The molecule has 1 fully saturated rings. The Morgan fingerprint density at radius 3 is 2.21 bits per heavy atom. The average Bonchev–Trinajstić information content (AvgIpc) is 3.45. The zero-order chi connectivity index (χ0) is 20.6. The molecule has 0 radical (unpaired) electrons. The highest BCUT2D eigenvalue weighted by molar-refractivity contribution is 5.85. The van der Waals surface area contributed by atoms with Crippen LogP contribution in [0, 0.1) is 6.92 Å². The summed E-state index contributed by atoms with van der Waals surface area (Å²) >= 11 is 0. The van der Waals surface area contributed by atoms with E-state index in [1.807, 2.05) is 55.5 Å². The lowest BCUT2D eigenvalue weighted by Gasteiger charge is -2.11. The van der Waals surface area contributed by atoms with Gasteiger partial charge in [0.25, 0.3) is 0 Å². The van der Waals surface area contributed by atoms with Gasteiger partial charge in [0.1, 0.15) is 0 Å². The van der Waals surface area contributed by atoms with E-state index < -0.39 is 17.5 Å². The summed E-state index contributed by atoms with van der Waals surface area (Å²) in [6, 6.07) is 15.6. The van der Waals surface area contributed by atoms with Gasteiger partial charge in [0, 0.05) is 5.56 Å². The van der Waals surface area contributed by atoms with Crippen molar-refractivity contribution < 1.29 is 19.5 Å². The number of aliphatic hydroxyl groups is 1. The predicted molar refractivity (Wildman–Crippen MR) is 110 cm³/mol. The third-order valence-corrected chi connectivity index (χ3v) is 5.71. The highest BCUT2D eigenvalue weighted by Crippen LogP contribution is 2.48. The van der Waals surface area contributed by atoms with E-state index in [1.165, 1.54) is 0 Å². The number of rotatable bonds is 7. The standard InChI is InChI=1S/C24H23NO4/c1-3-4-20(26)21-15(2)25-29-22(21)18-7-5-16(6-8-18)17-9-11-19(12-10-17)24(13-14-24)23(27)28/h3,5-12,20,26H,1,4,13-14H2,2H3,(H,27,28). The highest BCUT2D eigenvalue weighted by atomic mass is 16.5. The molecule has 1 heterocycles. The Kier molecular flexibility index (Phi) is 4.84. The molecule has 1 unspecified atom stereocenters. The van der Waals surface area contributed by atoms with Gasteiger partial charge in [-0.1, -0.05) is 59.8 Å². The molecule has 29 heavy (non-hydrogen) atoms. The van der Waals surface area contributed by atoms with E-state index in [0.29, 0.717) is 36.3 Å². The van der Waals surface area contributed by atoms with E-state index in [2.05, 4.69) is 11.7 Å². The van der Waals surface area contributed by atoms with Crippen molar-refractivity contribution in [3.8, 4) is 22.5 Å². The maximum atomic E-state index is 11.5. The molecule has 1 aromatic heterocycles. The lowest BCUT2D eigenvalue weighted by atomic mass is 9.93. The Morgan fingerprint density at radius 2 is 1.69 bits per heavy atom. The van der Waals surface area contributed by atoms with Crippen LogP contribution in [0.2, 0.25) is 0 Å². The topological polar surface area (TPSA) is 83.6 Å². The zero-order valence-electron chi connectivity index (χ0n) is 16.3. The van der Waals surface area contributed by atoms with Crippen LogP contribution in [0.1, 0.15) is 42.2 Å². The number of nitrogens with zero attached hydrogens (tertiary/aromatic N) is 1. The van der Waals surface area contributed by atoms with E-state index in [4.69, 9.17) is 4.52 Å². The number of carbonyl (C=O) groups is 1. The average molecular weight is 389 g/mol. The van der Waals surface area contributed by atoms with Crippen molar-refractivity contribution in [3.63, 3.8) is 0 Å².